The Hall–Kier alpha value is -2.82. The van der Waals surface area contributed by atoms with Crippen LogP contribution in [0.1, 0.15) is 32.3 Å². The van der Waals surface area contributed by atoms with Crippen molar-refractivity contribution < 1.29 is 14.3 Å². The summed E-state index contributed by atoms with van der Waals surface area (Å²) in [7, 11) is 0. The van der Waals surface area contributed by atoms with Crippen LogP contribution >= 0.6 is 0 Å². The van der Waals surface area contributed by atoms with E-state index in [-0.39, 0.29) is 17.9 Å². The normalized spacial score (nSPS) is 14.6. The van der Waals surface area contributed by atoms with E-state index in [0.29, 0.717) is 25.1 Å². The minimum atomic E-state index is -0.943. The fourth-order valence-corrected chi connectivity index (χ4v) is 2.77. The van der Waals surface area contributed by atoms with Gasteiger partial charge in [0.1, 0.15) is 11.2 Å². The average Bonchev–Trinajstić information content (AvgIpc) is 3.44. The number of nitrogens with one attached hydrogen (secondary N) is 2. The van der Waals surface area contributed by atoms with E-state index in [4.69, 9.17) is 4.74 Å². The molecule has 1 fully saturated rings. The first-order chi connectivity index (χ1) is 12.5. The molecule has 0 bridgehead atoms. The molecule has 2 aromatic carbocycles. The van der Waals surface area contributed by atoms with Crippen molar-refractivity contribution in [3.05, 3.63) is 60.2 Å². The first-order valence-electron chi connectivity index (χ1n) is 8.90. The topological polar surface area (TPSA) is 67.4 Å². The maximum Gasteiger partial charge on any atom is 0.240 e. The Labute approximate surface area is 153 Å². The summed E-state index contributed by atoms with van der Waals surface area (Å²) in [6, 6.07) is 16.9. The van der Waals surface area contributed by atoms with Crippen LogP contribution in [0.2, 0.25) is 0 Å². The molecule has 1 aliphatic carbocycles. The number of hydrogen-bond donors (Lipinski definition) is 2. The Morgan fingerprint density at radius 2 is 1.65 bits per heavy atom. The smallest absolute Gasteiger partial charge is 0.240 e. The Balaban J connectivity index is 1.57. The fourth-order valence-electron chi connectivity index (χ4n) is 2.77. The summed E-state index contributed by atoms with van der Waals surface area (Å²) in [6.45, 7) is 4.34. The third kappa shape index (κ3) is 4.23. The third-order valence-corrected chi connectivity index (χ3v) is 4.40. The highest BCUT2D eigenvalue weighted by Crippen LogP contribution is 2.47. The van der Waals surface area contributed by atoms with Crippen LogP contribution in [-0.2, 0) is 16.1 Å². The number of carbonyl (C=O) groups is 2. The van der Waals surface area contributed by atoms with Crippen LogP contribution in [-0.4, -0.2) is 17.9 Å². The lowest BCUT2D eigenvalue weighted by atomic mass is 10.0. The fraction of sp³-hybridized carbons (Fsp3) is 0.333. The SMILES string of the molecule is CC(C)Oc1ccc(NC(=O)C2(C(=O)NCc3ccccc3)CC2)cc1. The van der Waals surface area contributed by atoms with E-state index in [0.717, 1.165) is 11.3 Å². The van der Waals surface area contributed by atoms with Gasteiger partial charge in [-0.3, -0.25) is 9.59 Å². The standard InChI is InChI=1S/C21H24N2O3/c1-15(2)26-18-10-8-17(9-11-18)23-20(25)21(12-13-21)19(24)22-14-16-6-4-3-5-7-16/h3-11,15H,12-14H2,1-2H3,(H,22,24)(H,23,25). The van der Waals surface area contributed by atoms with E-state index in [1.807, 2.05) is 56.3 Å². The third-order valence-electron chi connectivity index (χ3n) is 4.40. The second-order valence-corrected chi connectivity index (χ2v) is 6.90. The van der Waals surface area contributed by atoms with Gasteiger partial charge in [0.05, 0.1) is 6.10 Å². The highest BCUT2D eigenvalue weighted by Gasteiger charge is 2.56. The molecule has 2 N–H and O–H groups in total. The molecule has 2 amide bonds. The van der Waals surface area contributed by atoms with Crippen molar-refractivity contribution in [3.63, 3.8) is 0 Å². The van der Waals surface area contributed by atoms with Gasteiger partial charge in [0.2, 0.25) is 11.8 Å². The molecule has 136 valence electrons. The van der Waals surface area contributed by atoms with Crippen molar-refractivity contribution in [2.45, 2.75) is 39.3 Å². The summed E-state index contributed by atoms with van der Waals surface area (Å²) in [5, 5.41) is 5.73. The van der Waals surface area contributed by atoms with Gasteiger partial charge in [0.25, 0.3) is 0 Å². The van der Waals surface area contributed by atoms with E-state index in [1.165, 1.54) is 0 Å². The van der Waals surface area contributed by atoms with Gasteiger partial charge in [-0.15, -0.1) is 0 Å². The molecule has 0 aromatic heterocycles. The molecule has 26 heavy (non-hydrogen) atoms. The molecule has 3 rings (SSSR count). The maximum atomic E-state index is 12.6. The van der Waals surface area contributed by atoms with E-state index >= 15 is 0 Å². The van der Waals surface area contributed by atoms with Gasteiger partial charge in [0, 0.05) is 12.2 Å². The van der Waals surface area contributed by atoms with Crippen LogP contribution in [0.15, 0.2) is 54.6 Å². The second kappa shape index (κ2) is 7.60. The predicted molar refractivity (Wildman–Crippen MR) is 101 cm³/mol. The van der Waals surface area contributed by atoms with Gasteiger partial charge in [0.15, 0.2) is 0 Å². The number of benzene rings is 2. The molecule has 1 saturated carbocycles. The Kier molecular flexibility index (Phi) is 5.26. The van der Waals surface area contributed by atoms with Gasteiger partial charge >= 0.3 is 0 Å². The number of ether oxygens (including phenoxy) is 1. The van der Waals surface area contributed by atoms with Crippen LogP contribution in [0.5, 0.6) is 5.75 Å². The number of amides is 2. The van der Waals surface area contributed by atoms with E-state index in [2.05, 4.69) is 10.6 Å². The zero-order valence-electron chi connectivity index (χ0n) is 15.1. The Bertz CT molecular complexity index is 766. The summed E-state index contributed by atoms with van der Waals surface area (Å²) >= 11 is 0. The summed E-state index contributed by atoms with van der Waals surface area (Å²) in [4.78, 5) is 25.1. The summed E-state index contributed by atoms with van der Waals surface area (Å²) < 4.78 is 5.59. The predicted octanol–water partition coefficient (Wildman–Crippen LogP) is 3.51. The molecule has 5 nitrogen and oxygen atoms in total. The van der Waals surface area contributed by atoms with Gasteiger partial charge in [-0.2, -0.15) is 0 Å². The molecular weight excluding hydrogens is 328 g/mol. The van der Waals surface area contributed by atoms with Crippen molar-refractivity contribution >= 4 is 17.5 Å². The lowest BCUT2D eigenvalue weighted by Crippen LogP contribution is -2.39. The van der Waals surface area contributed by atoms with E-state index in [9.17, 15) is 9.59 Å². The van der Waals surface area contributed by atoms with Crippen LogP contribution < -0.4 is 15.4 Å². The summed E-state index contributed by atoms with van der Waals surface area (Å²) in [6.07, 6.45) is 1.25. The minimum Gasteiger partial charge on any atom is -0.491 e. The zero-order chi connectivity index (χ0) is 18.6. The number of rotatable bonds is 7. The maximum absolute atomic E-state index is 12.6. The van der Waals surface area contributed by atoms with Gasteiger partial charge in [-0.25, -0.2) is 0 Å². The monoisotopic (exact) mass is 352 g/mol. The Morgan fingerprint density at radius 3 is 2.23 bits per heavy atom. The van der Waals surface area contributed by atoms with Crippen molar-refractivity contribution in [2.24, 2.45) is 5.41 Å². The molecule has 0 radical (unpaired) electrons. The highest BCUT2D eigenvalue weighted by atomic mass is 16.5. The molecule has 0 saturated heterocycles. The molecule has 0 aliphatic heterocycles. The van der Waals surface area contributed by atoms with Gasteiger partial charge in [-0.1, -0.05) is 30.3 Å². The molecule has 0 heterocycles. The molecule has 0 spiro atoms. The molecule has 2 aromatic rings. The number of anilines is 1. The van der Waals surface area contributed by atoms with Crippen LogP contribution in [0.3, 0.4) is 0 Å². The minimum absolute atomic E-state index is 0.0958. The van der Waals surface area contributed by atoms with Crippen LogP contribution in [0.4, 0.5) is 5.69 Å². The first-order valence-corrected chi connectivity index (χ1v) is 8.90. The van der Waals surface area contributed by atoms with E-state index in [1.54, 1.807) is 12.1 Å². The van der Waals surface area contributed by atoms with Crippen molar-refractivity contribution in [3.8, 4) is 5.75 Å². The molecule has 1 aliphatic rings. The zero-order valence-corrected chi connectivity index (χ0v) is 15.1. The quantitative estimate of drug-likeness (QED) is 0.750. The largest absolute Gasteiger partial charge is 0.491 e. The Morgan fingerprint density at radius 1 is 1.00 bits per heavy atom. The van der Waals surface area contributed by atoms with Crippen molar-refractivity contribution in [1.29, 1.82) is 0 Å². The molecule has 0 unspecified atom stereocenters. The number of hydrogen-bond acceptors (Lipinski definition) is 3. The lowest BCUT2D eigenvalue weighted by molar-refractivity contribution is -0.134. The van der Waals surface area contributed by atoms with Crippen molar-refractivity contribution in [2.75, 3.05) is 5.32 Å². The average molecular weight is 352 g/mol. The first kappa shape index (κ1) is 18.0. The molecule has 0 atom stereocenters. The summed E-state index contributed by atoms with van der Waals surface area (Å²) in [5.41, 5.74) is 0.730. The highest BCUT2D eigenvalue weighted by molar-refractivity contribution is 6.13. The van der Waals surface area contributed by atoms with Crippen LogP contribution in [0.25, 0.3) is 0 Å². The van der Waals surface area contributed by atoms with Gasteiger partial charge < -0.3 is 15.4 Å². The number of carbonyl (C=O) groups excluding carboxylic acids is 2. The summed E-state index contributed by atoms with van der Waals surface area (Å²) in [5.74, 6) is 0.291. The van der Waals surface area contributed by atoms with Crippen molar-refractivity contribution in [1.82, 2.24) is 5.32 Å². The van der Waals surface area contributed by atoms with Gasteiger partial charge in [-0.05, 0) is 56.5 Å². The lowest BCUT2D eigenvalue weighted by Gasteiger charge is -2.16. The van der Waals surface area contributed by atoms with E-state index < -0.39 is 5.41 Å². The molecular formula is C21H24N2O3. The van der Waals surface area contributed by atoms with Crippen LogP contribution in [0, 0.1) is 5.41 Å². The molecule has 5 heteroatoms. The second-order valence-electron chi connectivity index (χ2n) is 6.90.